The van der Waals surface area contributed by atoms with Crippen LogP contribution < -0.4 is 15.5 Å². The largest absolute Gasteiger partial charge is 0.465 e. The molecular weight excluding hydrogens is 492 g/mol. The lowest BCUT2D eigenvalue weighted by molar-refractivity contribution is -0.131. The number of carboxylic acid groups (broad SMARTS) is 1. The summed E-state index contributed by atoms with van der Waals surface area (Å²) in [5.41, 5.74) is 2.24. The Morgan fingerprint density at radius 1 is 1.27 bits per heavy atom. The van der Waals surface area contributed by atoms with E-state index in [0.29, 0.717) is 29.8 Å². The minimum atomic E-state index is -1.07. The van der Waals surface area contributed by atoms with Crippen LogP contribution in [-0.4, -0.2) is 67.8 Å². The van der Waals surface area contributed by atoms with Gasteiger partial charge in [-0.1, -0.05) is 19.1 Å². The van der Waals surface area contributed by atoms with Crippen LogP contribution in [-0.2, 0) is 11.3 Å². The van der Waals surface area contributed by atoms with Crippen molar-refractivity contribution < 1.29 is 14.7 Å². The van der Waals surface area contributed by atoms with Gasteiger partial charge in [-0.2, -0.15) is 5.26 Å². The molecule has 0 unspecified atom stereocenters. The van der Waals surface area contributed by atoms with Gasteiger partial charge in [0.15, 0.2) is 10.8 Å². The van der Waals surface area contributed by atoms with Gasteiger partial charge in [-0.15, -0.1) is 0 Å². The highest BCUT2D eigenvalue weighted by Gasteiger charge is 2.32. The molecule has 2 atom stereocenters. The molecule has 4 rings (SSSR count). The summed E-state index contributed by atoms with van der Waals surface area (Å²) < 4.78 is 1.77. The Bertz CT molecular complexity index is 1350. The topological polar surface area (TPSA) is 139 Å². The van der Waals surface area contributed by atoms with Crippen LogP contribution in [0.15, 0.2) is 42.9 Å². The third-order valence-corrected chi connectivity index (χ3v) is 6.96. The molecule has 2 amide bonds. The van der Waals surface area contributed by atoms with Gasteiger partial charge in [-0.05, 0) is 48.3 Å². The van der Waals surface area contributed by atoms with Crippen LogP contribution in [0.1, 0.15) is 25.3 Å². The first kappa shape index (κ1) is 25.8. The predicted octanol–water partition coefficient (Wildman–Crippen LogP) is 3.03. The van der Waals surface area contributed by atoms with Crippen molar-refractivity contribution in [1.29, 1.82) is 5.26 Å². The Morgan fingerprint density at radius 3 is 2.73 bits per heavy atom. The Balaban J connectivity index is 1.51. The van der Waals surface area contributed by atoms with E-state index in [1.807, 2.05) is 49.6 Å². The van der Waals surface area contributed by atoms with E-state index in [-0.39, 0.29) is 24.9 Å². The van der Waals surface area contributed by atoms with Gasteiger partial charge in [0.25, 0.3) is 0 Å². The number of nitriles is 1. The third-order valence-electron chi connectivity index (χ3n) is 6.66. The zero-order valence-electron chi connectivity index (χ0n) is 20.6. The van der Waals surface area contributed by atoms with Crippen molar-refractivity contribution in [3.8, 4) is 6.07 Å². The summed E-state index contributed by atoms with van der Waals surface area (Å²) in [6.45, 7) is 3.57. The van der Waals surface area contributed by atoms with Crippen LogP contribution in [0.5, 0.6) is 0 Å². The van der Waals surface area contributed by atoms with Gasteiger partial charge in [0, 0.05) is 38.6 Å². The molecule has 0 saturated carbocycles. The Morgan fingerprint density at radius 2 is 2.03 bits per heavy atom. The number of aromatic nitrogens is 3. The molecule has 1 aliphatic rings. The molecule has 37 heavy (non-hydrogen) atoms. The quantitative estimate of drug-likeness (QED) is 0.418. The van der Waals surface area contributed by atoms with E-state index in [1.54, 1.807) is 9.47 Å². The molecule has 11 nitrogen and oxygen atoms in total. The summed E-state index contributed by atoms with van der Waals surface area (Å²) in [4.78, 5) is 35.9. The highest BCUT2D eigenvalue weighted by Crippen LogP contribution is 2.30. The maximum atomic E-state index is 12.3. The normalized spacial score (nSPS) is 17.2. The van der Waals surface area contributed by atoms with Crippen molar-refractivity contribution in [3.05, 3.63) is 48.4 Å². The van der Waals surface area contributed by atoms with Gasteiger partial charge in [0.05, 0.1) is 17.5 Å². The highest BCUT2D eigenvalue weighted by atomic mass is 32.1. The first-order valence-electron chi connectivity index (χ1n) is 11.8. The number of fused-ring (bicyclic) bond motifs is 1. The zero-order chi connectivity index (χ0) is 26.5. The SMILES string of the molecule is C[C@@H]1CCN(C(=O)CC#N)C[C@@H]1N(C)c1ncnc2c1ccn2C(=S)Nc1ccc(CNC(=O)O)cc1. The molecule has 12 heteroatoms. The summed E-state index contributed by atoms with van der Waals surface area (Å²) in [5.74, 6) is 0.933. The number of anilines is 2. The number of piperidine rings is 1. The number of hydrogen-bond donors (Lipinski definition) is 3. The second-order valence-corrected chi connectivity index (χ2v) is 9.41. The fourth-order valence-corrected chi connectivity index (χ4v) is 4.83. The van der Waals surface area contributed by atoms with Crippen LogP contribution in [0.3, 0.4) is 0 Å². The zero-order valence-corrected chi connectivity index (χ0v) is 21.4. The van der Waals surface area contributed by atoms with E-state index in [1.165, 1.54) is 6.33 Å². The minimum absolute atomic E-state index is 0.0389. The van der Waals surface area contributed by atoms with Crippen molar-refractivity contribution in [1.82, 2.24) is 24.8 Å². The van der Waals surface area contributed by atoms with Gasteiger partial charge < -0.3 is 25.5 Å². The molecule has 192 valence electrons. The molecule has 1 fully saturated rings. The number of likely N-dealkylation sites (tertiary alicyclic amines) is 1. The lowest BCUT2D eigenvalue weighted by Crippen LogP contribution is -2.52. The second-order valence-electron chi connectivity index (χ2n) is 9.02. The fraction of sp³-hybridized carbons (Fsp3) is 0.360. The highest BCUT2D eigenvalue weighted by molar-refractivity contribution is 7.80. The Hall–Kier alpha value is -4.24. The van der Waals surface area contributed by atoms with E-state index in [0.717, 1.165) is 28.9 Å². The maximum absolute atomic E-state index is 12.3. The van der Waals surface area contributed by atoms with E-state index < -0.39 is 6.09 Å². The third kappa shape index (κ3) is 5.78. The van der Waals surface area contributed by atoms with E-state index >= 15 is 0 Å². The molecule has 0 aliphatic carbocycles. The van der Waals surface area contributed by atoms with Gasteiger partial charge >= 0.3 is 6.09 Å². The Kier molecular flexibility index (Phi) is 7.83. The van der Waals surface area contributed by atoms with Crippen LogP contribution in [0.2, 0.25) is 0 Å². The molecule has 0 bridgehead atoms. The number of rotatable bonds is 6. The van der Waals surface area contributed by atoms with Gasteiger partial charge in [0.1, 0.15) is 18.6 Å². The van der Waals surface area contributed by atoms with E-state index in [2.05, 4.69) is 32.4 Å². The summed E-state index contributed by atoms with van der Waals surface area (Å²) >= 11 is 5.64. The van der Waals surface area contributed by atoms with Crippen LogP contribution in [0.25, 0.3) is 11.0 Å². The molecule has 0 spiro atoms. The summed E-state index contributed by atoms with van der Waals surface area (Å²) in [7, 11) is 1.97. The summed E-state index contributed by atoms with van der Waals surface area (Å²) in [6, 6.07) is 11.2. The van der Waals surface area contributed by atoms with Crippen LogP contribution in [0.4, 0.5) is 16.3 Å². The number of nitrogens with zero attached hydrogens (tertiary/aromatic N) is 6. The Labute approximate surface area is 219 Å². The molecule has 1 aromatic carbocycles. The summed E-state index contributed by atoms with van der Waals surface area (Å²) in [5, 5.41) is 24.5. The van der Waals surface area contributed by atoms with Gasteiger partial charge in [0.2, 0.25) is 5.91 Å². The van der Waals surface area contributed by atoms with Crippen LogP contribution >= 0.6 is 12.2 Å². The average Bonchev–Trinajstić information content (AvgIpc) is 3.33. The number of thiocarbonyl (C=S) groups is 1. The predicted molar refractivity (Wildman–Crippen MR) is 143 cm³/mol. The standard InChI is InChI=1S/C25H28N8O3S/c1-16-8-11-32(21(34)7-10-26)14-20(16)31(2)22-19-9-12-33(23(19)29-15-28-22)24(37)30-18-5-3-17(4-6-18)13-27-25(35)36/h3-6,9,12,15-16,20,27H,7-8,11,13-14H2,1-2H3,(H,30,37)(H,35,36)/t16-,20+/m1/s1. The van der Waals surface area contributed by atoms with Crippen molar-refractivity contribution in [2.24, 2.45) is 5.92 Å². The molecule has 3 N–H and O–H groups in total. The number of hydrogen-bond acceptors (Lipinski definition) is 7. The van der Waals surface area contributed by atoms with Crippen molar-refractivity contribution >= 4 is 51.9 Å². The van der Waals surface area contributed by atoms with Crippen molar-refractivity contribution in [2.75, 3.05) is 30.4 Å². The molecule has 3 heterocycles. The number of nitrogens with one attached hydrogen (secondary N) is 2. The lowest BCUT2D eigenvalue weighted by Gasteiger charge is -2.42. The first-order valence-corrected chi connectivity index (χ1v) is 12.3. The maximum Gasteiger partial charge on any atom is 0.404 e. The molecule has 1 saturated heterocycles. The van der Waals surface area contributed by atoms with E-state index in [4.69, 9.17) is 22.6 Å². The van der Waals surface area contributed by atoms with Gasteiger partial charge in [-0.25, -0.2) is 14.8 Å². The molecular formula is C25H28N8O3S. The number of carbonyl (C=O) groups excluding carboxylic acids is 1. The van der Waals surface area contributed by atoms with Crippen molar-refractivity contribution in [3.63, 3.8) is 0 Å². The summed E-state index contributed by atoms with van der Waals surface area (Å²) in [6.07, 6.45) is 3.00. The monoisotopic (exact) mass is 520 g/mol. The number of amides is 2. The second kappa shape index (κ2) is 11.2. The molecule has 0 radical (unpaired) electrons. The molecule has 3 aromatic rings. The smallest absolute Gasteiger partial charge is 0.404 e. The number of likely N-dealkylation sites (N-methyl/N-ethyl adjacent to an activating group) is 1. The van der Waals surface area contributed by atoms with Crippen LogP contribution in [0, 0.1) is 17.2 Å². The average molecular weight is 521 g/mol. The van der Waals surface area contributed by atoms with E-state index in [9.17, 15) is 9.59 Å². The molecule has 2 aromatic heterocycles. The number of carbonyl (C=O) groups is 2. The fourth-order valence-electron chi connectivity index (χ4n) is 4.57. The van der Waals surface area contributed by atoms with Crippen molar-refractivity contribution in [2.45, 2.75) is 32.4 Å². The van der Waals surface area contributed by atoms with Gasteiger partial charge in [-0.3, -0.25) is 9.36 Å². The lowest BCUT2D eigenvalue weighted by atomic mass is 9.92. The first-order chi connectivity index (χ1) is 17.8. The molecule has 1 aliphatic heterocycles. The minimum Gasteiger partial charge on any atom is -0.465 e. The number of benzene rings is 1.